The second kappa shape index (κ2) is 8.49. The lowest BCUT2D eigenvalue weighted by Crippen LogP contribution is -2.37. The van der Waals surface area contributed by atoms with Crippen molar-refractivity contribution in [2.24, 2.45) is 0 Å². The van der Waals surface area contributed by atoms with Crippen molar-refractivity contribution in [2.75, 3.05) is 6.54 Å². The number of nitrogens with one attached hydrogen (secondary N) is 1. The van der Waals surface area contributed by atoms with E-state index < -0.39 is 38.4 Å². The van der Waals surface area contributed by atoms with Crippen molar-refractivity contribution < 1.29 is 48.8 Å². The molecular weight excluding hydrogens is 392 g/mol. The maximum absolute atomic E-state index is 11.8. The third-order valence-electron chi connectivity index (χ3n) is 3.62. The summed E-state index contributed by atoms with van der Waals surface area (Å²) < 4.78 is 22.0. The molecule has 0 heterocycles. The normalized spacial score (nSPS) is 18.3. The number of phenolic OH excluding ortho intramolecular Hbond substituents is 2. The summed E-state index contributed by atoms with van der Waals surface area (Å²) in [5, 5.41) is 26.9. The zero-order chi connectivity index (χ0) is 20.2. The van der Waals surface area contributed by atoms with Gasteiger partial charge in [-0.15, -0.1) is 0 Å². The first-order valence-electron chi connectivity index (χ1n) is 7.40. The quantitative estimate of drug-likeness (QED) is 0.168. The summed E-state index contributed by atoms with van der Waals surface area (Å²) >= 11 is 0. The van der Waals surface area contributed by atoms with Crippen LogP contribution in [-0.4, -0.2) is 42.6 Å². The third kappa shape index (κ3) is 5.52. The summed E-state index contributed by atoms with van der Waals surface area (Å²) in [7, 11) is -11.5. The van der Waals surface area contributed by atoms with E-state index in [1.165, 1.54) is 6.07 Å². The van der Waals surface area contributed by atoms with Crippen LogP contribution in [0.5, 0.6) is 11.5 Å². The van der Waals surface area contributed by atoms with Crippen LogP contribution in [0, 0.1) is 0 Å². The van der Waals surface area contributed by atoms with Gasteiger partial charge in [0.25, 0.3) is 5.91 Å². The standard InChI is InChI=1S/C13H21NO10P2/c15-10-5-4-9(8-11(10)16)12(17)14-7-3-1-2-6-13(18,25(19,20)21)26(22,23)24/h4-5,8,15-16,18H,1-3,6-7H2,(H,14,17)(H2,19,20,21)(H2,22,23,24)/p-2. The molecule has 0 spiro atoms. The van der Waals surface area contributed by atoms with Crippen molar-refractivity contribution in [3.05, 3.63) is 23.8 Å². The topological polar surface area (TPSA) is 211 Å². The Morgan fingerprint density at radius 2 is 1.62 bits per heavy atom. The molecule has 1 rings (SSSR count). The number of carbonyl (C=O) groups is 1. The predicted molar refractivity (Wildman–Crippen MR) is 85.2 cm³/mol. The predicted octanol–water partition coefficient (Wildman–Crippen LogP) is -0.875. The Kier molecular flexibility index (Phi) is 7.38. The molecule has 11 nitrogen and oxygen atoms in total. The molecule has 0 bridgehead atoms. The highest BCUT2D eigenvalue weighted by molar-refractivity contribution is 7.70. The molecule has 0 aliphatic carbocycles. The van der Waals surface area contributed by atoms with Gasteiger partial charge in [-0.25, -0.2) is 0 Å². The van der Waals surface area contributed by atoms with Crippen LogP contribution in [0.25, 0.3) is 0 Å². The molecule has 1 amide bonds. The van der Waals surface area contributed by atoms with Gasteiger partial charge in [0.05, 0.1) is 0 Å². The van der Waals surface area contributed by atoms with E-state index in [9.17, 15) is 33.9 Å². The number of unbranched alkanes of at least 4 members (excludes halogenated alkanes) is 2. The molecule has 26 heavy (non-hydrogen) atoms. The maximum atomic E-state index is 11.8. The molecular formula is C13H19NO10P2-2. The van der Waals surface area contributed by atoms with Crippen LogP contribution in [0.3, 0.4) is 0 Å². The van der Waals surface area contributed by atoms with E-state index in [2.05, 4.69) is 5.32 Å². The summed E-state index contributed by atoms with van der Waals surface area (Å²) in [6.07, 6.45) is -0.661. The maximum Gasteiger partial charge on any atom is 0.251 e. The number of carbonyl (C=O) groups excluding carboxylic acids is 1. The minimum Gasteiger partial charge on any atom is -0.776 e. The Balaban J connectivity index is 2.45. The fourth-order valence-corrected chi connectivity index (χ4v) is 4.23. The van der Waals surface area contributed by atoms with E-state index in [1.54, 1.807) is 0 Å². The lowest BCUT2D eigenvalue weighted by atomic mass is 10.1. The van der Waals surface area contributed by atoms with E-state index in [-0.39, 0.29) is 37.1 Å². The number of amides is 1. The smallest absolute Gasteiger partial charge is 0.251 e. The van der Waals surface area contributed by atoms with Crippen molar-refractivity contribution >= 4 is 21.1 Å². The van der Waals surface area contributed by atoms with E-state index in [1.807, 2.05) is 0 Å². The van der Waals surface area contributed by atoms with Gasteiger partial charge in [0, 0.05) is 12.1 Å². The van der Waals surface area contributed by atoms with Crippen LogP contribution in [0.4, 0.5) is 0 Å². The number of hydrogen-bond acceptors (Lipinski definition) is 8. The van der Waals surface area contributed by atoms with Crippen LogP contribution >= 0.6 is 15.2 Å². The van der Waals surface area contributed by atoms with Gasteiger partial charge in [0.15, 0.2) is 31.8 Å². The van der Waals surface area contributed by atoms with Crippen LogP contribution < -0.4 is 15.1 Å². The molecule has 2 unspecified atom stereocenters. The Labute approximate surface area is 148 Å². The summed E-state index contributed by atoms with van der Waals surface area (Å²) in [6.45, 7) is 0.112. The van der Waals surface area contributed by atoms with Crippen molar-refractivity contribution in [2.45, 2.75) is 30.8 Å². The molecule has 2 atom stereocenters. The van der Waals surface area contributed by atoms with Gasteiger partial charge in [0.2, 0.25) is 0 Å². The lowest BCUT2D eigenvalue weighted by Gasteiger charge is -2.42. The molecule has 0 aliphatic rings. The van der Waals surface area contributed by atoms with Crippen molar-refractivity contribution in [1.29, 1.82) is 0 Å². The number of aliphatic hydroxyl groups is 1. The minimum atomic E-state index is -5.76. The first kappa shape index (κ1) is 22.6. The first-order valence-corrected chi connectivity index (χ1v) is 10.6. The second-order valence-corrected chi connectivity index (χ2v) is 9.50. The monoisotopic (exact) mass is 411 g/mol. The molecule has 0 saturated heterocycles. The Hall–Kier alpha value is -1.45. The highest BCUT2D eigenvalue weighted by Crippen LogP contribution is 2.65. The summed E-state index contributed by atoms with van der Waals surface area (Å²) in [5.74, 6) is -1.39. The van der Waals surface area contributed by atoms with Gasteiger partial charge in [-0.3, -0.25) is 4.79 Å². The Bertz CT molecular complexity index is 718. The van der Waals surface area contributed by atoms with Crippen molar-refractivity contribution in [3.8, 4) is 11.5 Å². The van der Waals surface area contributed by atoms with E-state index in [4.69, 9.17) is 14.9 Å². The van der Waals surface area contributed by atoms with Gasteiger partial charge >= 0.3 is 0 Å². The molecule has 0 fully saturated rings. The van der Waals surface area contributed by atoms with Crippen molar-refractivity contribution in [3.63, 3.8) is 0 Å². The van der Waals surface area contributed by atoms with Gasteiger partial charge < -0.3 is 49.3 Å². The van der Waals surface area contributed by atoms with E-state index in [0.717, 1.165) is 12.1 Å². The molecule has 148 valence electrons. The Morgan fingerprint density at radius 1 is 1.04 bits per heavy atom. The molecule has 13 heteroatoms. The number of phenols is 2. The number of rotatable bonds is 9. The zero-order valence-electron chi connectivity index (χ0n) is 13.4. The van der Waals surface area contributed by atoms with Gasteiger partial charge in [-0.2, -0.15) is 0 Å². The molecule has 0 saturated carbocycles. The van der Waals surface area contributed by atoms with Crippen LogP contribution in [0.15, 0.2) is 18.2 Å². The number of aromatic hydroxyl groups is 2. The van der Waals surface area contributed by atoms with Crippen LogP contribution in [-0.2, 0) is 9.13 Å². The largest absolute Gasteiger partial charge is 0.776 e. The van der Waals surface area contributed by atoms with Crippen LogP contribution in [0.1, 0.15) is 36.0 Å². The van der Waals surface area contributed by atoms with Crippen LogP contribution in [0.2, 0.25) is 0 Å². The van der Waals surface area contributed by atoms with Gasteiger partial charge in [0.1, 0.15) is 0 Å². The Morgan fingerprint density at radius 3 is 2.12 bits per heavy atom. The zero-order valence-corrected chi connectivity index (χ0v) is 15.2. The number of hydrogen-bond donors (Lipinski definition) is 6. The average molecular weight is 411 g/mol. The molecule has 0 aromatic heterocycles. The molecule has 0 aliphatic heterocycles. The molecule has 1 aromatic rings. The fraction of sp³-hybridized carbons (Fsp3) is 0.462. The summed E-state index contributed by atoms with van der Waals surface area (Å²) in [6, 6.07) is 3.48. The molecule has 0 radical (unpaired) electrons. The second-order valence-electron chi connectivity index (χ2n) is 5.59. The van der Waals surface area contributed by atoms with E-state index >= 15 is 0 Å². The highest BCUT2D eigenvalue weighted by Gasteiger charge is 2.46. The fourth-order valence-electron chi connectivity index (χ4n) is 2.07. The average Bonchev–Trinajstić information content (AvgIpc) is 2.50. The molecule has 1 aromatic carbocycles. The van der Waals surface area contributed by atoms with Gasteiger partial charge in [-0.05, 0) is 37.5 Å². The molecule has 6 N–H and O–H groups in total. The summed E-state index contributed by atoms with van der Waals surface area (Å²) in [5.41, 5.74) is 0.0924. The first-order chi connectivity index (χ1) is 11.8. The minimum absolute atomic E-state index is 0.0924. The number of benzene rings is 1. The van der Waals surface area contributed by atoms with Gasteiger partial charge in [-0.1, -0.05) is 6.42 Å². The van der Waals surface area contributed by atoms with E-state index in [0.29, 0.717) is 0 Å². The highest BCUT2D eigenvalue weighted by atomic mass is 31.2. The third-order valence-corrected chi connectivity index (χ3v) is 7.39. The lowest BCUT2D eigenvalue weighted by molar-refractivity contribution is -0.227. The summed E-state index contributed by atoms with van der Waals surface area (Å²) in [4.78, 5) is 51.5. The van der Waals surface area contributed by atoms with Crippen molar-refractivity contribution in [1.82, 2.24) is 5.32 Å². The SMILES string of the molecule is O=C(NCCCCCC(O)(P(=O)([O-])O)P(=O)([O-])O)c1ccc(O)c(O)c1.